The van der Waals surface area contributed by atoms with E-state index in [9.17, 15) is 0 Å². The van der Waals surface area contributed by atoms with Gasteiger partial charge in [0, 0.05) is 33.2 Å². The fourth-order valence-corrected chi connectivity index (χ4v) is 3.53. The molecule has 1 aromatic carbocycles. The van der Waals surface area contributed by atoms with E-state index in [-0.39, 0.29) is 11.6 Å². The molecule has 0 bridgehead atoms. The van der Waals surface area contributed by atoms with Crippen LogP contribution in [-0.2, 0) is 9.47 Å². The van der Waals surface area contributed by atoms with E-state index >= 15 is 0 Å². The number of ether oxygens (including phenoxy) is 2. The minimum atomic E-state index is -0.266. The van der Waals surface area contributed by atoms with Gasteiger partial charge in [0.15, 0.2) is 0 Å². The number of nitrogens with two attached hydrogens (primary N) is 1. The van der Waals surface area contributed by atoms with Crippen molar-refractivity contribution in [2.75, 3.05) is 20.3 Å². The van der Waals surface area contributed by atoms with Crippen molar-refractivity contribution in [1.29, 1.82) is 0 Å². The normalized spacial score (nSPS) is 24.1. The lowest BCUT2D eigenvalue weighted by atomic mass is 9.74. The molecule has 110 valence electrons. The highest BCUT2D eigenvalue weighted by atomic mass is 16.5. The van der Waals surface area contributed by atoms with Gasteiger partial charge in [0.2, 0.25) is 0 Å². The van der Waals surface area contributed by atoms with Gasteiger partial charge >= 0.3 is 0 Å². The fourth-order valence-electron chi connectivity index (χ4n) is 3.53. The minimum Gasteiger partial charge on any atom is -0.381 e. The van der Waals surface area contributed by atoms with Crippen LogP contribution in [0.15, 0.2) is 24.3 Å². The van der Waals surface area contributed by atoms with E-state index in [4.69, 9.17) is 15.2 Å². The molecule has 1 saturated heterocycles. The van der Waals surface area contributed by atoms with Crippen LogP contribution in [0.2, 0.25) is 0 Å². The van der Waals surface area contributed by atoms with E-state index < -0.39 is 0 Å². The summed E-state index contributed by atoms with van der Waals surface area (Å²) >= 11 is 0. The van der Waals surface area contributed by atoms with Gasteiger partial charge in [-0.3, -0.25) is 0 Å². The monoisotopic (exact) mass is 275 g/mol. The molecule has 0 spiro atoms. The Balaban J connectivity index is 1.90. The molecule has 1 saturated carbocycles. The molecule has 1 unspecified atom stereocenters. The third-order valence-electron chi connectivity index (χ3n) is 5.19. The van der Waals surface area contributed by atoms with Crippen molar-refractivity contribution in [2.45, 2.75) is 49.7 Å². The Labute approximate surface area is 121 Å². The highest BCUT2D eigenvalue weighted by molar-refractivity contribution is 5.35. The standard InChI is InChI=1S/C17H25NO2/c1-19-17(9-11-20-12-10-17)16(18)15-8-3-2-7-14(15)13-5-4-6-13/h2-3,7-8,13,16H,4-6,9-12,18H2,1H3. The van der Waals surface area contributed by atoms with Crippen molar-refractivity contribution in [1.82, 2.24) is 0 Å². The molecule has 3 rings (SSSR count). The second-order valence-electron chi connectivity index (χ2n) is 6.12. The third kappa shape index (κ3) is 2.39. The molecule has 0 amide bonds. The smallest absolute Gasteiger partial charge is 0.0914 e. The first-order chi connectivity index (χ1) is 9.77. The number of hydrogen-bond donors (Lipinski definition) is 1. The van der Waals surface area contributed by atoms with Crippen LogP contribution >= 0.6 is 0 Å². The minimum absolute atomic E-state index is 0.0619. The largest absolute Gasteiger partial charge is 0.381 e. The predicted molar refractivity (Wildman–Crippen MR) is 79.8 cm³/mol. The number of hydrogen-bond acceptors (Lipinski definition) is 3. The highest BCUT2D eigenvalue weighted by Gasteiger charge is 2.41. The van der Waals surface area contributed by atoms with Crippen LogP contribution in [0.25, 0.3) is 0 Å². The first-order valence-electron chi connectivity index (χ1n) is 7.74. The quantitative estimate of drug-likeness (QED) is 0.918. The third-order valence-corrected chi connectivity index (χ3v) is 5.19. The Bertz CT molecular complexity index is 450. The van der Waals surface area contributed by atoms with Crippen LogP contribution in [0.3, 0.4) is 0 Å². The van der Waals surface area contributed by atoms with Crippen LogP contribution in [-0.4, -0.2) is 25.9 Å². The summed E-state index contributed by atoms with van der Waals surface area (Å²) in [5, 5.41) is 0. The number of methoxy groups -OCH3 is 1. The van der Waals surface area contributed by atoms with Crippen LogP contribution in [0.1, 0.15) is 55.2 Å². The van der Waals surface area contributed by atoms with Gasteiger partial charge in [0.25, 0.3) is 0 Å². The molecular weight excluding hydrogens is 250 g/mol. The maximum Gasteiger partial charge on any atom is 0.0914 e. The van der Waals surface area contributed by atoms with Gasteiger partial charge in [-0.1, -0.05) is 30.7 Å². The Kier molecular flexibility index (Phi) is 4.11. The highest BCUT2D eigenvalue weighted by Crippen LogP contribution is 2.43. The Morgan fingerprint density at radius 3 is 2.55 bits per heavy atom. The van der Waals surface area contributed by atoms with Gasteiger partial charge in [-0.2, -0.15) is 0 Å². The summed E-state index contributed by atoms with van der Waals surface area (Å²) in [6.07, 6.45) is 5.70. The second-order valence-corrected chi connectivity index (χ2v) is 6.12. The Morgan fingerprint density at radius 1 is 1.25 bits per heavy atom. The van der Waals surface area contributed by atoms with Crippen molar-refractivity contribution < 1.29 is 9.47 Å². The second kappa shape index (κ2) is 5.84. The van der Waals surface area contributed by atoms with Crippen LogP contribution in [0.5, 0.6) is 0 Å². The SMILES string of the molecule is COC1(C(N)c2ccccc2C2CCC2)CCOCC1. The first kappa shape index (κ1) is 14.1. The van der Waals surface area contributed by atoms with Crippen molar-refractivity contribution in [3.05, 3.63) is 35.4 Å². The average Bonchev–Trinajstić information content (AvgIpc) is 2.46. The lowest BCUT2D eigenvalue weighted by Crippen LogP contribution is -2.47. The molecule has 1 aliphatic heterocycles. The molecule has 1 aromatic rings. The summed E-state index contributed by atoms with van der Waals surface area (Å²) < 4.78 is 11.4. The van der Waals surface area contributed by atoms with Crippen molar-refractivity contribution >= 4 is 0 Å². The van der Waals surface area contributed by atoms with E-state index in [0.717, 1.165) is 26.1 Å². The van der Waals surface area contributed by atoms with Gasteiger partial charge in [-0.15, -0.1) is 0 Å². The first-order valence-corrected chi connectivity index (χ1v) is 7.74. The lowest BCUT2D eigenvalue weighted by Gasteiger charge is -2.42. The Morgan fingerprint density at radius 2 is 1.95 bits per heavy atom. The molecule has 3 heteroatoms. The molecule has 1 atom stereocenters. The van der Waals surface area contributed by atoms with E-state index in [2.05, 4.69) is 24.3 Å². The van der Waals surface area contributed by atoms with Crippen LogP contribution in [0, 0.1) is 0 Å². The zero-order valence-electron chi connectivity index (χ0n) is 12.3. The molecule has 1 aliphatic carbocycles. The number of rotatable bonds is 4. The summed E-state index contributed by atoms with van der Waals surface area (Å²) in [6, 6.07) is 8.61. The fraction of sp³-hybridized carbons (Fsp3) is 0.647. The summed E-state index contributed by atoms with van der Waals surface area (Å²) in [6.45, 7) is 1.49. The lowest BCUT2D eigenvalue weighted by molar-refractivity contribution is -0.105. The van der Waals surface area contributed by atoms with E-state index in [1.807, 2.05) is 0 Å². The molecular formula is C17H25NO2. The zero-order valence-corrected chi connectivity index (χ0v) is 12.3. The van der Waals surface area contributed by atoms with Crippen molar-refractivity contribution in [3.63, 3.8) is 0 Å². The molecule has 2 N–H and O–H groups in total. The topological polar surface area (TPSA) is 44.5 Å². The predicted octanol–water partition coefficient (Wildman–Crippen LogP) is 3.15. The molecule has 2 aliphatic rings. The van der Waals surface area contributed by atoms with E-state index in [1.54, 1.807) is 7.11 Å². The maximum atomic E-state index is 6.65. The maximum absolute atomic E-state index is 6.65. The molecule has 3 nitrogen and oxygen atoms in total. The van der Waals surface area contributed by atoms with E-state index in [0.29, 0.717) is 5.92 Å². The summed E-state index contributed by atoms with van der Waals surface area (Å²) in [4.78, 5) is 0. The van der Waals surface area contributed by atoms with Crippen molar-refractivity contribution in [2.24, 2.45) is 5.73 Å². The van der Waals surface area contributed by atoms with Gasteiger partial charge in [0.1, 0.15) is 0 Å². The van der Waals surface area contributed by atoms with Gasteiger partial charge < -0.3 is 15.2 Å². The van der Waals surface area contributed by atoms with Crippen molar-refractivity contribution in [3.8, 4) is 0 Å². The van der Waals surface area contributed by atoms with Gasteiger partial charge in [0.05, 0.1) is 11.6 Å². The molecule has 0 radical (unpaired) electrons. The summed E-state index contributed by atoms with van der Waals surface area (Å²) in [5.74, 6) is 0.700. The summed E-state index contributed by atoms with van der Waals surface area (Å²) in [7, 11) is 1.79. The van der Waals surface area contributed by atoms with Gasteiger partial charge in [-0.25, -0.2) is 0 Å². The summed E-state index contributed by atoms with van der Waals surface area (Å²) in [5.41, 5.74) is 9.10. The molecule has 2 fully saturated rings. The van der Waals surface area contributed by atoms with Crippen LogP contribution in [0.4, 0.5) is 0 Å². The van der Waals surface area contributed by atoms with Crippen LogP contribution < -0.4 is 5.73 Å². The van der Waals surface area contributed by atoms with E-state index in [1.165, 1.54) is 30.4 Å². The molecule has 1 heterocycles. The Hall–Kier alpha value is -0.900. The number of benzene rings is 1. The van der Waals surface area contributed by atoms with Gasteiger partial charge in [-0.05, 0) is 29.9 Å². The molecule has 20 heavy (non-hydrogen) atoms. The zero-order chi connectivity index (χ0) is 14.0. The average molecular weight is 275 g/mol. The molecule has 0 aromatic heterocycles.